The Morgan fingerprint density at radius 3 is 2.03 bits per heavy atom. The molecule has 0 aliphatic carbocycles. The van der Waals surface area contributed by atoms with Crippen LogP contribution in [0.2, 0.25) is 0 Å². The largest absolute Gasteiger partial charge is 0.490 e. The van der Waals surface area contributed by atoms with Crippen LogP contribution >= 0.6 is 0 Å². The molecule has 0 aliphatic rings. The van der Waals surface area contributed by atoms with Gasteiger partial charge in [0.2, 0.25) is 0 Å². The summed E-state index contributed by atoms with van der Waals surface area (Å²) in [5.74, 6) is -0.275. The lowest BCUT2D eigenvalue weighted by molar-refractivity contribution is -0.139. The summed E-state index contributed by atoms with van der Waals surface area (Å²) in [6.45, 7) is 14.3. The number of hydrogen-bond donors (Lipinski definition) is 0. The molecule has 0 aliphatic heterocycles. The van der Waals surface area contributed by atoms with Crippen LogP contribution < -0.4 is 9.47 Å². The summed E-state index contributed by atoms with van der Waals surface area (Å²) in [7, 11) is 0. The Kier molecular flexibility index (Phi) is 8.43. The molecule has 0 bridgehead atoms. The molecule has 0 amide bonds. The van der Waals surface area contributed by atoms with Crippen molar-refractivity contribution >= 4 is 11.9 Å². The van der Waals surface area contributed by atoms with Gasteiger partial charge in [0, 0.05) is 16.7 Å². The average Bonchev–Trinajstić information content (AvgIpc) is 2.82. The molecule has 0 fully saturated rings. The van der Waals surface area contributed by atoms with E-state index in [0.29, 0.717) is 39.3 Å². The van der Waals surface area contributed by atoms with Crippen LogP contribution in [0.25, 0.3) is 22.3 Å². The van der Waals surface area contributed by atoms with Crippen molar-refractivity contribution in [3.05, 3.63) is 95.8 Å². The van der Waals surface area contributed by atoms with Gasteiger partial charge in [0.15, 0.2) is 0 Å². The van der Waals surface area contributed by atoms with Crippen LogP contribution in [0, 0.1) is 19.7 Å². The Balaban J connectivity index is 1.73. The number of hydrogen-bond acceptors (Lipinski definition) is 5. The zero-order valence-electron chi connectivity index (χ0n) is 20.9. The van der Waals surface area contributed by atoms with Gasteiger partial charge < -0.3 is 14.2 Å². The first-order valence-corrected chi connectivity index (χ1v) is 11.4. The number of carbonyl (C=O) groups is 2. The Bertz CT molecular complexity index is 1340. The number of halogens is 1. The zero-order chi connectivity index (χ0) is 26.4. The van der Waals surface area contributed by atoms with Gasteiger partial charge in [-0.3, -0.25) is 0 Å². The van der Waals surface area contributed by atoms with Crippen molar-refractivity contribution in [1.82, 2.24) is 0 Å². The van der Waals surface area contributed by atoms with Gasteiger partial charge in [-0.1, -0.05) is 37.4 Å². The highest BCUT2D eigenvalue weighted by Gasteiger charge is 2.13. The number of rotatable bonds is 9. The fourth-order valence-corrected chi connectivity index (χ4v) is 3.50. The maximum Gasteiger partial charge on any atom is 0.338 e. The summed E-state index contributed by atoms with van der Waals surface area (Å²) in [5.41, 5.74) is 5.01. The topological polar surface area (TPSA) is 61.8 Å². The third-order valence-corrected chi connectivity index (χ3v) is 5.45. The highest BCUT2D eigenvalue weighted by atomic mass is 19.1. The lowest BCUT2D eigenvalue weighted by atomic mass is 9.96. The van der Waals surface area contributed by atoms with E-state index in [1.54, 1.807) is 51.1 Å². The van der Waals surface area contributed by atoms with Gasteiger partial charge in [0.05, 0.1) is 0 Å². The maximum absolute atomic E-state index is 15.1. The minimum atomic E-state index is -0.501. The van der Waals surface area contributed by atoms with E-state index in [9.17, 15) is 9.59 Å². The highest BCUT2D eigenvalue weighted by Crippen LogP contribution is 2.33. The van der Waals surface area contributed by atoms with Gasteiger partial charge in [0.25, 0.3) is 0 Å². The summed E-state index contributed by atoms with van der Waals surface area (Å²) in [6.07, 6.45) is 0. The Morgan fingerprint density at radius 2 is 1.42 bits per heavy atom. The summed E-state index contributed by atoms with van der Waals surface area (Å²) in [6, 6.07) is 15.8. The maximum atomic E-state index is 15.1. The van der Waals surface area contributed by atoms with Crippen molar-refractivity contribution in [2.45, 2.75) is 27.7 Å². The van der Waals surface area contributed by atoms with Gasteiger partial charge in [0.1, 0.15) is 30.5 Å². The lowest BCUT2D eigenvalue weighted by Crippen LogP contribution is -2.12. The number of ether oxygens (including phenoxy) is 3. The van der Waals surface area contributed by atoms with Crippen molar-refractivity contribution in [1.29, 1.82) is 0 Å². The number of benzene rings is 3. The van der Waals surface area contributed by atoms with Crippen LogP contribution in [0.1, 0.15) is 25.0 Å². The Hall–Kier alpha value is -4.19. The molecule has 0 atom stereocenters. The van der Waals surface area contributed by atoms with E-state index in [-0.39, 0.29) is 19.0 Å². The molecule has 186 valence electrons. The van der Waals surface area contributed by atoms with Crippen molar-refractivity contribution < 1.29 is 28.2 Å². The fraction of sp³-hybridized carbons (Fsp3) is 0.200. The molecule has 0 unspecified atom stereocenters. The molecule has 0 aromatic heterocycles. The van der Waals surface area contributed by atoms with Gasteiger partial charge in [-0.15, -0.1) is 0 Å². The van der Waals surface area contributed by atoms with E-state index in [1.807, 2.05) is 25.1 Å². The third-order valence-electron chi connectivity index (χ3n) is 5.45. The molecule has 5 nitrogen and oxygen atoms in total. The standard InChI is InChI=1S/C30H29FO5/c1-18(2)29(32)35-14-13-34-24-9-11-25(20(5)16-24)23-7-10-26(27(31)17-23)22-8-12-28(21(6)15-22)36-30(33)19(3)4/h7-12,15-17H,1,3,13-14H2,2,4-6H3. The van der Waals surface area contributed by atoms with Crippen molar-refractivity contribution in [2.75, 3.05) is 13.2 Å². The van der Waals surface area contributed by atoms with Gasteiger partial charge in [-0.2, -0.15) is 0 Å². The van der Waals surface area contributed by atoms with E-state index >= 15 is 4.39 Å². The molecule has 0 saturated carbocycles. The van der Waals surface area contributed by atoms with Crippen LogP contribution in [0.15, 0.2) is 78.9 Å². The smallest absolute Gasteiger partial charge is 0.338 e. The Labute approximate surface area is 210 Å². The first kappa shape index (κ1) is 26.4. The highest BCUT2D eigenvalue weighted by molar-refractivity contribution is 5.89. The summed E-state index contributed by atoms with van der Waals surface area (Å²) in [4.78, 5) is 23.2. The van der Waals surface area contributed by atoms with Crippen LogP contribution in [-0.4, -0.2) is 25.2 Å². The second-order valence-electron chi connectivity index (χ2n) is 8.59. The van der Waals surface area contributed by atoms with Crippen molar-refractivity contribution in [2.24, 2.45) is 0 Å². The van der Waals surface area contributed by atoms with E-state index < -0.39 is 11.9 Å². The predicted molar refractivity (Wildman–Crippen MR) is 138 cm³/mol. The quantitative estimate of drug-likeness (QED) is 0.144. The monoisotopic (exact) mass is 488 g/mol. The molecule has 0 radical (unpaired) electrons. The van der Waals surface area contributed by atoms with Crippen LogP contribution in [0.4, 0.5) is 4.39 Å². The number of aryl methyl sites for hydroxylation is 2. The molecular weight excluding hydrogens is 459 g/mol. The molecule has 0 heterocycles. The van der Waals surface area contributed by atoms with Crippen molar-refractivity contribution in [3.8, 4) is 33.8 Å². The minimum Gasteiger partial charge on any atom is -0.490 e. The molecule has 6 heteroatoms. The first-order valence-electron chi connectivity index (χ1n) is 11.4. The fourth-order valence-electron chi connectivity index (χ4n) is 3.50. The summed E-state index contributed by atoms with van der Waals surface area (Å²) < 4.78 is 31.1. The van der Waals surface area contributed by atoms with E-state index in [2.05, 4.69) is 13.2 Å². The second kappa shape index (κ2) is 11.5. The number of esters is 2. The van der Waals surface area contributed by atoms with Crippen LogP contribution in [0.3, 0.4) is 0 Å². The molecule has 3 rings (SSSR count). The van der Waals surface area contributed by atoms with E-state index in [4.69, 9.17) is 14.2 Å². The van der Waals surface area contributed by atoms with Gasteiger partial charge in [-0.05, 0) is 85.8 Å². The normalized spacial score (nSPS) is 10.5. The van der Waals surface area contributed by atoms with Crippen LogP contribution in [-0.2, 0) is 14.3 Å². The average molecular weight is 489 g/mol. The zero-order valence-corrected chi connectivity index (χ0v) is 20.9. The molecule has 0 spiro atoms. The third kappa shape index (κ3) is 6.48. The Morgan fingerprint density at radius 1 is 0.778 bits per heavy atom. The van der Waals surface area contributed by atoms with Crippen molar-refractivity contribution in [3.63, 3.8) is 0 Å². The summed E-state index contributed by atoms with van der Waals surface area (Å²) >= 11 is 0. The number of carbonyl (C=O) groups excluding carboxylic acids is 2. The first-order chi connectivity index (χ1) is 17.1. The van der Waals surface area contributed by atoms with Crippen LogP contribution in [0.5, 0.6) is 11.5 Å². The SMILES string of the molecule is C=C(C)C(=O)OCCOc1ccc(-c2ccc(-c3ccc(OC(=O)C(=C)C)c(C)c3)c(F)c2)c(C)c1. The molecule has 3 aromatic rings. The van der Waals surface area contributed by atoms with Gasteiger partial charge in [-0.25, -0.2) is 14.0 Å². The van der Waals surface area contributed by atoms with Gasteiger partial charge >= 0.3 is 11.9 Å². The molecular formula is C30H29FO5. The molecule has 3 aromatic carbocycles. The molecule has 0 saturated heterocycles. The summed E-state index contributed by atoms with van der Waals surface area (Å²) in [5, 5.41) is 0. The molecule has 36 heavy (non-hydrogen) atoms. The predicted octanol–water partition coefficient (Wildman–Crippen LogP) is 6.76. The lowest BCUT2D eigenvalue weighted by Gasteiger charge is -2.13. The van der Waals surface area contributed by atoms with E-state index in [1.165, 1.54) is 6.07 Å². The minimum absolute atomic E-state index is 0.121. The molecule has 0 N–H and O–H groups in total. The second-order valence-corrected chi connectivity index (χ2v) is 8.59. The van der Waals surface area contributed by atoms with E-state index in [0.717, 1.165) is 16.7 Å².